The van der Waals surface area contributed by atoms with Crippen LogP contribution in [0.2, 0.25) is 10.2 Å². The summed E-state index contributed by atoms with van der Waals surface area (Å²) in [5, 5.41) is 8.59. The molecule has 1 N–H and O–H groups in total. The molecule has 0 spiro atoms. The first-order valence-corrected chi connectivity index (χ1v) is 15.2. The van der Waals surface area contributed by atoms with Gasteiger partial charge in [0.1, 0.15) is 0 Å². The number of para-hydroxylation sites is 1. The molecular formula is C30H27NSi3. The van der Waals surface area contributed by atoms with Crippen LogP contribution in [0.3, 0.4) is 0 Å². The number of benzene rings is 4. The smallest absolute Gasteiger partial charge is 0.0867 e. The Balaban J connectivity index is 1.48. The molecule has 6 rings (SSSR count). The number of anilines is 1. The van der Waals surface area contributed by atoms with E-state index in [4.69, 9.17) is 0 Å². The Morgan fingerprint density at radius 1 is 0.588 bits per heavy atom. The molecule has 1 heterocycles. The molecule has 0 bridgehead atoms. The summed E-state index contributed by atoms with van der Waals surface area (Å²) in [5.41, 5.74) is 3.56. The molecule has 1 nitrogen and oxygen atoms in total. The lowest BCUT2D eigenvalue weighted by Crippen LogP contribution is -2.57. The summed E-state index contributed by atoms with van der Waals surface area (Å²) in [6.07, 6.45) is 2.57. The van der Waals surface area contributed by atoms with Crippen LogP contribution in [0.4, 0.5) is 5.69 Å². The van der Waals surface area contributed by atoms with Crippen LogP contribution in [0.15, 0.2) is 115 Å². The minimum Gasteiger partial charge on any atom is -0.381 e. The van der Waals surface area contributed by atoms with E-state index in [0.29, 0.717) is 17.5 Å². The lowest BCUT2D eigenvalue weighted by atomic mass is 9.81. The van der Waals surface area contributed by atoms with Gasteiger partial charge in [0.2, 0.25) is 0 Å². The maximum absolute atomic E-state index is 4.10. The summed E-state index contributed by atoms with van der Waals surface area (Å²) < 4.78 is 0.193. The molecule has 164 valence electrons. The van der Waals surface area contributed by atoms with Crippen molar-refractivity contribution < 1.29 is 0 Å². The zero-order valence-corrected chi connectivity index (χ0v) is 22.1. The Morgan fingerprint density at radius 2 is 1.12 bits per heavy atom. The molecule has 0 aromatic heterocycles. The number of fused-ring (bicyclic) bond motifs is 3. The third kappa shape index (κ3) is 4.15. The molecule has 34 heavy (non-hydrogen) atoms. The van der Waals surface area contributed by atoms with Gasteiger partial charge in [-0.3, -0.25) is 0 Å². The van der Waals surface area contributed by atoms with Crippen molar-refractivity contribution in [1.29, 1.82) is 0 Å². The van der Waals surface area contributed by atoms with Crippen LogP contribution in [0.5, 0.6) is 0 Å². The summed E-state index contributed by atoms with van der Waals surface area (Å²) >= 11 is 0. The lowest BCUT2D eigenvalue weighted by molar-refractivity contribution is 0.388. The SMILES string of the molecule is c1ccc([Si]C2CCC3c4ccccc4NC3C2([Si]c2ccccc2)[Si]c2ccccc2)cc1. The quantitative estimate of drug-likeness (QED) is 0.400. The van der Waals surface area contributed by atoms with Crippen molar-refractivity contribution in [2.75, 3.05) is 5.32 Å². The van der Waals surface area contributed by atoms with Crippen molar-refractivity contribution >= 4 is 49.8 Å². The Kier molecular flexibility index (Phi) is 6.12. The molecule has 1 fully saturated rings. The molecule has 1 saturated carbocycles. The van der Waals surface area contributed by atoms with Gasteiger partial charge in [0, 0.05) is 17.6 Å². The normalized spacial score (nSPS) is 22.4. The summed E-state index contributed by atoms with van der Waals surface area (Å²) in [7, 11) is 2.39. The number of hydrogen-bond donors (Lipinski definition) is 1. The van der Waals surface area contributed by atoms with Crippen LogP contribution in [-0.4, -0.2) is 34.6 Å². The van der Waals surface area contributed by atoms with E-state index in [1.165, 1.54) is 39.7 Å². The molecule has 2 aliphatic rings. The van der Waals surface area contributed by atoms with Crippen LogP contribution in [0.25, 0.3) is 0 Å². The first-order chi connectivity index (χ1) is 16.8. The maximum Gasteiger partial charge on any atom is 0.0867 e. The minimum absolute atomic E-state index is 0.193. The third-order valence-corrected chi connectivity index (χ3v) is 13.7. The van der Waals surface area contributed by atoms with E-state index in [9.17, 15) is 0 Å². The average molecular weight is 486 g/mol. The Morgan fingerprint density at radius 3 is 1.74 bits per heavy atom. The van der Waals surface area contributed by atoms with E-state index in [1.54, 1.807) is 0 Å². The zero-order chi connectivity index (χ0) is 22.8. The van der Waals surface area contributed by atoms with Crippen molar-refractivity contribution in [2.45, 2.75) is 35.0 Å². The van der Waals surface area contributed by atoms with Crippen LogP contribution in [0.1, 0.15) is 24.3 Å². The fourth-order valence-corrected chi connectivity index (χ4v) is 12.4. The molecule has 3 unspecified atom stereocenters. The standard InChI is InChI=1S/C30H27NSi3/c1-4-12-22(13-5-1)32-28-21-20-26-25-18-10-11-19-27(25)31-29(26)30(28,33-23-14-6-2-7-15-23)34-24-16-8-3-9-17-24/h1-19,26,28-29,31H,20-21H2. The van der Waals surface area contributed by atoms with E-state index in [2.05, 4.69) is 121 Å². The van der Waals surface area contributed by atoms with Gasteiger partial charge in [-0.2, -0.15) is 0 Å². The van der Waals surface area contributed by atoms with Gasteiger partial charge in [-0.25, -0.2) is 0 Å². The highest BCUT2D eigenvalue weighted by molar-refractivity contribution is 6.79. The van der Waals surface area contributed by atoms with Crippen molar-refractivity contribution in [3.05, 3.63) is 121 Å². The predicted octanol–water partition coefficient (Wildman–Crippen LogP) is 4.35. The van der Waals surface area contributed by atoms with Crippen molar-refractivity contribution in [1.82, 2.24) is 0 Å². The molecule has 0 saturated heterocycles. The van der Waals surface area contributed by atoms with Gasteiger partial charge >= 0.3 is 0 Å². The van der Waals surface area contributed by atoms with Gasteiger partial charge < -0.3 is 5.32 Å². The summed E-state index contributed by atoms with van der Waals surface area (Å²) in [4.78, 5) is 0. The fourth-order valence-electron chi connectivity index (χ4n) is 5.75. The lowest BCUT2D eigenvalue weighted by Gasteiger charge is -2.51. The van der Waals surface area contributed by atoms with Crippen LogP contribution < -0.4 is 20.9 Å². The molecule has 3 atom stereocenters. The van der Waals surface area contributed by atoms with E-state index in [-0.39, 0.29) is 4.66 Å². The monoisotopic (exact) mass is 485 g/mol. The molecule has 6 radical (unpaired) electrons. The zero-order valence-electron chi connectivity index (χ0n) is 19.1. The minimum atomic E-state index is 0.193. The molecule has 0 amide bonds. The second kappa shape index (κ2) is 9.53. The Labute approximate surface area is 210 Å². The van der Waals surface area contributed by atoms with E-state index in [1.807, 2.05) is 0 Å². The number of hydrogen-bond acceptors (Lipinski definition) is 1. The average Bonchev–Trinajstić information content (AvgIpc) is 3.28. The van der Waals surface area contributed by atoms with Crippen LogP contribution in [-0.2, 0) is 0 Å². The van der Waals surface area contributed by atoms with Gasteiger partial charge in [-0.1, -0.05) is 131 Å². The van der Waals surface area contributed by atoms with Crippen LogP contribution in [0, 0.1) is 0 Å². The van der Waals surface area contributed by atoms with Crippen molar-refractivity contribution in [2.24, 2.45) is 0 Å². The molecular weight excluding hydrogens is 459 g/mol. The van der Waals surface area contributed by atoms with Gasteiger partial charge in [-0.15, -0.1) is 0 Å². The predicted molar refractivity (Wildman–Crippen MR) is 148 cm³/mol. The fraction of sp³-hybridized carbons (Fsp3) is 0.200. The highest BCUT2D eigenvalue weighted by Crippen LogP contribution is 2.58. The summed E-state index contributed by atoms with van der Waals surface area (Å²) in [6, 6.07) is 43.3. The third-order valence-electron chi connectivity index (χ3n) is 7.24. The highest BCUT2D eigenvalue weighted by atomic mass is 28.3. The maximum atomic E-state index is 4.10. The topological polar surface area (TPSA) is 12.0 Å². The molecule has 4 aromatic rings. The first kappa shape index (κ1) is 21.8. The van der Waals surface area contributed by atoms with Crippen molar-refractivity contribution in [3.63, 3.8) is 0 Å². The van der Waals surface area contributed by atoms with Crippen molar-refractivity contribution in [3.8, 4) is 0 Å². The molecule has 1 aliphatic heterocycles. The largest absolute Gasteiger partial charge is 0.381 e. The second-order valence-corrected chi connectivity index (χ2v) is 14.7. The number of rotatable bonds is 6. The molecule has 4 heteroatoms. The first-order valence-electron chi connectivity index (χ1n) is 12.2. The molecule has 4 aromatic carbocycles. The molecule has 1 aliphatic carbocycles. The highest BCUT2D eigenvalue weighted by Gasteiger charge is 2.54. The van der Waals surface area contributed by atoms with E-state index < -0.39 is 0 Å². The van der Waals surface area contributed by atoms with Gasteiger partial charge in [-0.05, 0) is 28.3 Å². The van der Waals surface area contributed by atoms with E-state index in [0.717, 1.165) is 28.6 Å². The van der Waals surface area contributed by atoms with Gasteiger partial charge in [0.05, 0.1) is 28.6 Å². The van der Waals surface area contributed by atoms with Gasteiger partial charge in [0.15, 0.2) is 0 Å². The van der Waals surface area contributed by atoms with Crippen LogP contribution >= 0.6 is 0 Å². The second-order valence-electron chi connectivity index (χ2n) is 9.31. The Hall–Kier alpha value is -2.67. The van der Waals surface area contributed by atoms with Gasteiger partial charge in [0.25, 0.3) is 0 Å². The van der Waals surface area contributed by atoms with E-state index >= 15 is 0 Å². The number of nitrogens with one attached hydrogen (secondary N) is 1. The summed E-state index contributed by atoms with van der Waals surface area (Å²) in [6.45, 7) is 0. The summed E-state index contributed by atoms with van der Waals surface area (Å²) in [5.74, 6) is 0.598. The Bertz CT molecular complexity index is 1190.